The van der Waals surface area contributed by atoms with Gasteiger partial charge in [-0.1, -0.05) is 12.1 Å². The summed E-state index contributed by atoms with van der Waals surface area (Å²) in [7, 11) is 0. The summed E-state index contributed by atoms with van der Waals surface area (Å²) in [6.45, 7) is 1.31. The van der Waals surface area contributed by atoms with E-state index in [0.29, 0.717) is 0 Å². The van der Waals surface area contributed by atoms with Crippen LogP contribution in [0.2, 0.25) is 0 Å². The number of halogens is 1. The summed E-state index contributed by atoms with van der Waals surface area (Å²) in [4.78, 5) is 11.1. The van der Waals surface area contributed by atoms with Crippen LogP contribution in [0.25, 0.3) is 0 Å². The molecule has 0 heterocycles. The van der Waals surface area contributed by atoms with Gasteiger partial charge in [0.2, 0.25) is 0 Å². The predicted molar refractivity (Wildman–Crippen MR) is 42.4 cm³/mol. The van der Waals surface area contributed by atoms with Crippen LogP contribution in [0.5, 0.6) is 0 Å². The monoisotopic (exact) mass is 168 g/mol. The van der Waals surface area contributed by atoms with Crippen molar-refractivity contribution in [1.82, 2.24) is 0 Å². The van der Waals surface area contributed by atoms with Gasteiger partial charge in [-0.3, -0.25) is 4.79 Å². The van der Waals surface area contributed by atoms with Crippen molar-refractivity contribution in [3.05, 3.63) is 35.6 Å². The maximum atomic E-state index is 12.9. The molecule has 1 atom stereocenters. The highest BCUT2D eigenvalue weighted by molar-refractivity contribution is 5.99. The van der Waals surface area contributed by atoms with Gasteiger partial charge in [-0.15, -0.1) is 0 Å². The van der Waals surface area contributed by atoms with Crippen LogP contribution in [-0.2, 0) is 0 Å². The van der Waals surface area contributed by atoms with Crippen LogP contribution in [0.3, 0.4) is 0 Å². The van der Waals surface area contributed by atoms with Crippen molar-refractivity contribution in [3.63, 3.8) is 0 Å². The number of ketones is 1. The lowest BCUT2D eigenvalue weighted by Crippen LogP contribution is -2.17. The molecule has 0 amide bonds. The summed E-state index contributed by atoms with van der Waals surface area (Å²) in [5.74, 6) is -1.18. The Hall–Kier alpha value is -1.22. The zero-order valence-electron chi connectivity index (χ0n) is 6.62. The fourth-order valence-electron chi connectivity index (χ4n) is 0.886. The van der Waals surface area contributed by atoms with Crippen LogP contribution < -0.4 is 0 Å². The highest BCUT2D eigenvalue weighted by Crippen LogP contribution is 2.08. The number of hydrogen-bond donors (Lipinski definition) is 1. The Labute approximate surface area is 69.6 Å². The molecule has 0 aliphatic rings. The van der Waals surface area contributed by atoms with Gasteiger partial charge in [-0.05, 0) is 19.1 Å². The van der Waals surface area contributed by atoms with Gasteiger partial charge in [-0.25, -0.2) is 4.39 Å². The molecule has 0 saturated heterocycles. The van der Waals surface area contributed by atoms with Crippen LogP contribution in [0, 0.1) is 5.82 Å². The van der Waals surface area contributed by atoms with E-state index in [4.69, 9.17) is 5.11 Å². The Morgan fingerprint density at radius 3 is 2.58 bits per heavy atom. The van der Waals surface area contributed by atoms with E-state index in [1.54, 1.807) is 6.07 Å². The van der Waals surface area contributed by atoms with E-state index in [1.807, 2.05) is 0 Å². The maximum Gasteiger partial charge on any atom is 0.193 e. The molecule has 0 radical (unpaired) electrons. The van der Waals surface area contributed by atoms with Crippen molar-refractivity contribution in [3.8, 4) is 0 Å². The molecule has 0 fully saturated rings. The van der Waals surface area contributed by atoms with E-state index in [2.05, 4.69) is 0 Å². The SMILES string of the molecule is C[C@@H](O)C(=O)c1ccccc1F. The van der Waals surface area contributed by atoms with Crippen LogP contribution in [0.4, 0.5) is 4.39 Å². The van der Waals surface area contributed by atoms with Gasteiger partial charge >= 0.3 is 0 Å². The molecule has 3 heteroatoms. The number of aliphatic hydroxyl groups is 1. The first-order valence-corrected chi connectivity index (χ1v) is 3.59. The van der Waals surface area contributed by atoms with E-state index in [1.165, 1.54) is 25.1 Å². The van der Waals surface area contributed by atoms with Gasteiger partial charge < -0.3 is 5.11 Å². The van der Waals surface area contributed by atoms with Crippen molar-refractivity contribution in [2.45, 2.75) is 13.0 Å². The quantitative estimate of drug-likeness (QED) is 0.677. The predicted octanol–water partition coefficient (Wildman–Crippen LogP) is 1.39. The van der Waals surface area contributed by atoms with Gasteiger partial charge in [0.1, 0.15) is 11.9 Å². The van der Waals surface area contributed by atoms with Gasteiger partial charge in [0.05, 0.1) is 5.56 Å². The molecule has 0 aliphatic heterocycles. The molecule has 0 bridgehead atoms. The van der Waals surface area contributed by atoms with Crippen molar-refractivity contribution < 1.29 is 14.3 Å². The molecule has 0 aliphatic carbocycles. The number of Topliss-reactive ketones (excluding diaryl/α,β-unsaturated/α-hetero) is 1. The molecule has 2 nitrogen and oxygen atoms in total. The van der Waals surface area contributed by atoms with Crippen LogP contribution in [0.1, 0.15) is 17.3 Å². The van der Waals surface area contributed by atoms with Gasteiger partial charge in [0.15, 0.2) is 5.78 Å². The highest BCUT2D eigenvalue weighted by atomic mass is 19.1. The van der Waals surface area contributed by atoms with Gasteiger partial charge in [0, 0.05) is 0 Å². The summed E-state index contributed by atoms with van der Waals surface area (Å²) in [5, 5.41) is 8.88. The lowest BCUT2D eigenvalue weighted by Gasteiger charge is -2.03. The van der Waals surface area contributed by atoms with Crippen LogP contribution in [0.15, 0.2) is 24.3 Å². The molecule has 1 rings (SSSR count). The first kappa shape index (κ1) is 8.87. The third-order valence-corrected chi connectivity index (χ3v) is 1.52. The Morgan fingerprint density at radius 1 is 1.50 bits per heavy atom. The smallest absolute Gasteiger partial charge is 0.193 e. The van der Waals surface area contributed by atoms with Gasteiger partial charge in [0.25, 0.3) is 0 Å². The zero-order valence-corrected chi connectivity index (χ0v) is 6.62. The largest absolute Gasteiger partial charge is 0.385 e. The third-order valence-electron chi connectivity index (χ3n) is 1.52. The molecule has 12 heavy (non-hydrogen) atoms. The minimum Gasteiger partial charge on any atom is -0.385 e. The van der Waals surface area contributed by atoms with E-state index in [0.717, 1.165) is 0 Å². The summed E-state index contributed by atoms with van der Waals surface area (Å²) in [5.41, 5.74) is -0.0625. The first-order chi connectivity index (χ1) is 5.63. The normalized spacial score (nSPS) is 12.6. The third kappa shape index (κ3) is 1.68. The fraction of sp³-hybridized carbons (Fsp3) is 0.222. The summed E-state index contributed by atoms with van der Waals surface area (Å²) < 4.78 is 12.9. The maximum absolute atomic E-state index is 12.9. The summed E-state index contributed by atoms with van der Waals surface area (Å²) >= 11 is 0. The number of hydrogen-bond acceptors (Lipinski definition) is 2. The fourth-order valence-corrected chi connectivity index (χ4v) is 0.886. The molecular formula is C9H9FO2. The average Bonchev–Trinajstić information content (AvgIpc) is 2.04. The first-order valence-electron chi connectivity index (χ1n) is 3.59. The number of aliphatic hydroxyl groups excluding tert-OH is 1. The van der Waals surface area contributed by atoms with E-state index in [-0.39, 0.29) is 5.56 Å². The Bertz CT molecular complexity index is 294. The van der Waals surface area contributed by atoms with Crippen molar-refractivity contribution in [2.75, 3.05) is 0 Å². The van der Waals surface area contributed by atoms with Crippen molar-refractivity contribution in [1.29, 1.82) is 0 Å². The highest BCUT2D eigenvalue weighted by Gasteiger charge is 2.15. The second-order valence-corrected chi connectivity index (χ2v) is 2.52. The number of rotatable bonds is 2. The Morgan fingerprint density at radius 2 is 2.08 bits per heavy atom. The minimum absolute atomic E-state index is 0.0625. The number of carbonyl (C=O) groups excluding carboxylic acids is 1. The van der Waals surface area contributed by atoms with Crippen LogP contribution >= 0.6 is 0 Å². The molecule has 1 N–H and O–H groups in total. The van der Waals surface area contributed by atoms with E-state index in [9.17, 15) is 9.18 Å². The summed E-state index contributed by atoms with van der Waals surface area (Å²) in [6, 6.07) is 5.59. The molecule has 0 aromatic heterocycles. The molecule has 0 unspecified atom stereocenters. The molecule has 1 aromatic rings. The lowest BCUT2D eigenvalue weighted by molar-refractivity contribution is 0.0775. The van der Waals surface area contributed by atoms with E-state index >= 15 is 0 Å². The lowest BCUT2D eigenvalue weighted by atomic mass is 10.1. The Kier molecular flexibility index (Phi) is 2.55. The second kappa shape index (κ2) is 3.45. The van der Waals surface area contributed by atoms with Crippen LogP contribution in [-0.4, -0.2) is 17.0 Å². The number of carbonyl (C=O) groups is 1. The molecular weight excluding hydrogens is 159 g/mol. The summed E-state index contributed by atoms with van der Waals surface area (Å²) in [6.07, 6.45) is -1.15. The van der Waals surface area contributed by atoms with E-state index < -0.39 is 17.7 Å². The minimum atomic E-state index is -1.15. The second-order valence-electron chi connectivity index (χ2n) is 2.52. The van der Waals surface area contributed by atoms with Gasteiger partial charge in [-0.2, -0.15) is 0 Å². The molecule has 0 spiro atoms. The molecule has 0 saturated carbocycles. The molecule has 1 aromatic carbocycles. The zero-order chi connectivity index (χ0) is 9.14. The average molecular weight is 168 g/mol. The standard InChI is InChI=1S/C9H9FO2/c1-6(11)9(12)7-4-2-3-5-8(7)10/h2-6,11H,1H3/t6-/m1/s1. The van der Waals surface area contributed by atoms with Crippen molar-refractivity contribution >= 4 is 5.78 Å². The Balaban J connectivity index is 3.03. The molecule has 64 valence electrons. The van der Waals surface area contributed by atoms with Crippen molar-refractivity contribution in [2.24, 2.45) is 0 Å². The number of benzene rings is 1. The topological polar surface area (TPSA) is 37.3 Å².